The van der Waals surface area contributed by atoms with E-state index in [1.54, 1.807) is 22.9 Å². The van der Waals surface area contributed by atoms with Crippen molar-refractivity contribution < 1.29 is 28.3 Å². The highest BCUT2D eigenvalue weighted by molar-refractivity contribution is 6.72. The molecule has 3 aliphatic heterocycles. The lowest BCUT2D eigenvalue weighted by molar-refractivity contribution is -0.150. The van der Waals surface area contributed by atoms with Gasteiger partial charge in [-0.05, 0) is 55.3 Å². The Morgan fingerprint density at radius 3 is 2.38 bits per heavy atom. The number of carbonyl (C=O) groups excluding carboxylic acids is 3. The fourth-order valence-corrected chi connectivity index (χ4v) is 10.4. The standard InChI is InChI=1S/C37H44FN3O5Si/c1-26-35(47(2,3)38)32(23-34(44)39(21-22-42)24-27-11-5-4-6-12-27)46-37(26)30-13-7-8-14-31(30)41(36(37)45)25-28-16-18-29(19-17-28)40-20-10-9-15-33(40)43/h4-8,11-14,16-19,26,32,35,42H,9-10,15,20-25H2,1-3H3/t26-,32+,35-,37+/m1/s1. The molecule has 3 aromatic rings. The minimum atomic E-state index is -3.46. The van der Waals surface area contributed by atoms with Crippen molar-refractivity contribution in [2.75, 3.05) is 29.5 Å². The number of nitrogens with zero attached hydrogens (tertiary/aromatic N) is 3. The van der Waals surface area contributed by atoms with Crippen molar-refractivity contribution in [2.24, 2.45) is 5.92 Å². The Kier molecular flexibility index (Phi) is 9.38. The van der Waals surface area contributed by atoms with Gasteiger partial charge in [-0.15, -0.1) is 0 Å². The molecule has 3 aromatic carbocycles. The minimum absolute atomic E-state index is 0.0872. The summed E-state index contributed by atoms with van der Waals surface area (Å²) in [7, 11) is -3.46. The van der Waals surface area contributed by atoms with Crippen molar-refractivity contribution in [3.63, 3.8) is 0 Å². The lowest BCUT2D eigenvalue weighted by Gasteiger charge is -2.31. The molecule has 0 unspecified atom stereocenters. The van der Waals surface area contributed by atoms with E-state index in [0.29, 0.717) is 25.1 Å². The lowest BCUT2D eigenvalue weighted by atomic mass is 9.82. The van der Waals surface area contributed by atoms with Gasteiger partial charge in [-0.1, -0.05) is 67.6 Å². The summed E-state index contributed by atoms with van der Waals surface area (Å²) in [5.74, 6) is -0.888. The zero-order valence-corrected chi connectivity index (χ0v) is 28.4. The molecule has 1 N–H and O–H groups in total. The molecule has 3 amide bonds. The Morgan fingerprint density at radius 2 is 1.70 bits per heavy atom. The summed E-state index contributed by atoms with van der Waals surface area (Å²) in [4.78, 5) is 46.0. The van der Waals surface area contributed by atoms with Gasteiger partial charge in [-0.25, -0.2) is 0 Å². The van der Waals surface area contributed by atoms with Crippen molar-refractivity contribution >= 4 is 37.5 Å². The van der Waals surface area contributed by atoms with Crippen LogP contribution < -0.4 is 9.80 Å². The van der Waals surface area contributed by atoms with Crippen molar-refractivity contribution in [2.45, 2.75) is 76.0 Å². The van der Waals surface area contributed by atoms with Crippen LogP contribution in [0.25, 0.3) is 0 Å². The Hall–Kier alpha value is -3.86. The van der Waals surface area contributed by atoms with Gasteiger partial charge in [-0.2, -0.15) is 0 Å². The average Bonchev–Trinajstić information content (AvgIpc) is 3.48. The highest BCUT2D eigenvalue weighted by Gasteiger charge is 2.67. The summed E-state index contributed by atoms with van der Waals surface area (Å²) in [5, 5.41) is 9.76. The second-order valence-electron chi connectivity index (χ2n) is 13.6. The molecule has 2 saturated heterocycles. The number of aliphatic hydroxyl groups excluding tert-OH is 1. The predicted molar refractivity (Wildman–Crippen MR) is 182 cm³/mol. The van der Waals surface area contributed by atoms with Crippen LogP contribution in [0.15, 0.2) is 78.9 Å². The van der Waals surface area contributed by atoms with E-state index in [1.165, 1.54) is 0 Å². The number of amides is 3. The summed E-state index contributed by atoms with van der Waals surface area (Å²) in [6.07, 6.45) is 1.55. The van der Waals surface area contributed by atoms with Crippen LogP contribution in [0.5, 0.6) is 0 Å². The molecule has 0 saturated carbocycles. The van der Waals surface area contributed by atoms with Crippen LogP contribution in [0, 0.1) is 5.92 Å². The van der Waals surface area contributed by atoms with E-state index in [2.05, 4.69) is 0 Å². The number of para-hydroxylation sites is 1. The molecule has 4 atom stereocenters. The zero-order valence-electron chi connectivity index (χ0n) is 27.4. The maximum absolute atomic E-state index is 16.3. The maximum Gasteiger partial charge on any atom is 0.264 e. The highest BCUT2D eigenvalue weighted by Crippen LogP contribution is 2.60. The van der Waals surface area contributed by atoms with E-state index >= 15 is 4.11 Å². The Labute approximate surface area is 277 Å². The van der Waals surface area contributed by atoms with Crippen LogP contribution in [0.2, 0.25) is 18.6 Å². The monoisotopic (exact) mass is 657 g/mol. The van der Waals surface area contributed by atoms with E-state index in [9.17, 15) is 19.5 Å². The third-order valence-corrected chi connectivity index (χ3v) is 12.6. The van der Waals surface area contributed by atoms with E-state index in [-0.39, 0.29) is 43.8 Å². The number of hydrogen-bond acceptors (Lipinski definition) is 5. The molecule has 2 fully saturated rings. The maximum atomic E-state index is 16.3. The first-order valence-electron chi connectivity index (χ1n) is 16.6. The number of fused-ring (bicyclic) bond motifs is 2. The molecule has 248 valence electrons. The third kappa shape index (κ3) is 6.26. The van der Waals surface area contributed by atoms with Gasteiger partial charge in [0.2, 0.25) is 20.2 Å². The van der Waals surface area contributed by atoms with Gasteiger partial charge in [0.05, 0.1) is 31.4 Å². The molecular weight excluding hydrogens is 614 g/mol. The van der Waals surface area contributed by atoms with E-state index in [4.69, 9.17) is 4.74 Å². The summed E-state index contributed by atoms with van der Waals surface area (Å²) in [6.45, 7) is 6.39. The topological polar surface area (TPSA) is 90.4 Å². The molecule has 3 aliphatic rings. The van der Waals surface area contributed by atoms with Crippen LogP contribution in [0.3, 0.4) is 0 Å². The smallest absolute Gasteiger partial charge is 0.264 e. The fourth-order valence-electron chi connectivity index (χ4n) is 7.92. The van der Waals surface area contributed by atoms with Gasteiger partial charge in [-0.3, -0.25) is 14.4 Å². The van der Waals surface area contributed by atoms with Gasteiger partial charge in [0.1, 0.15) is 0 Å². The van der Waals surface area contributed by atoms with Crippen molar-refractivity contribution in [3.05, 3.63) is 95.6 Å². The number of rotatable bonds is 10. The van der Waals surface area contributed by atoms with Gasteiger partial charge < -0.3 is 28.7 Å². The summed E-state index contributed by atoms with van der Waals surface area (Å²) >= 11 is 0. The second-order valence-corrected chi connectivity index (χ2v) is 17.4. The van der Waals surface area contributed by atoms with Gasteiger partial charge >= 0.3 is 0 Å². The van der Waals surface area contributed by atoms with Gasteiger partial charge in [0.15, 0.2) is 5.60 Å². The first kappa shape index (κ1) is 33.1. The normalized spacial score (nSPS) is 24.2. The molecular formula is C37H44FN3O5Si. The largest absolute Gasteiger partial charge is 0.395 e. The van der Waals surface area contributed by atoms with E-state index < -0.39 is 31.6 Å². The number of aliphatic hydroxyl groups is 1. The third-order valence-electron chi connectivity index (χ3n) is 10.1. The van der Waals surface area contributed by atoms with Crippen molar-refractivity contribution in [1.29, 1.82) is 0 Å². The summed E-state index contributed by atoms with van der Waals surface area (Å²) in [5.41, 5.74) is 2.05. The van der Waals surface area contributed by atoms with Gasteiger partial charge in [0.25, 0.3) is 5.91 Å². The SMILES string of the molecule is C[C@@H]1[C@@H]([Si](C)(C)F)[C@H](CC(=O)N(CCO)Cc2ccccc2)O[C@@]12C(=O)N(Cc1ccc(N3CCCCC3=O)cc1)c1ccccc12. The Balaban J connectivity index is 1.28. The molecule has 0 bridgehead atoms. The van der Waals surface area contributed by atoms with Crippen molar-refractivity contribution in [3.8, 4) is 0 Å². The Bertz CT molecular complexity index is 1610. The predicted octanol–water partition coefficient (Wildman–Crippen LogP) is 5.94. The number of piperidine rings is 1. The van der Waals surface area contributed by atoms with E-state index in [0.717, 1.165) is 35.3 Å². The molecule has 1 spiro atoms. The first-order chi connectivity index (χ1) is 22.5. The molecule has 0 radical (unpaired) electrons. The molecule has 10 heteroatoms. The number of carbonyl (C=O) groups is 3. The zero-order chi connectivity index (χ0) is 33.3. The number of anilines is 2. The number of ether oxygens (including phenoxy) is 1. The molecule has 0 aromatic heterocycles. The van der Waals surface area contributed by atoms with E-state index in [1.807, 2.05) is 90.7 Å². The number of hydrogen-bond donors (Lipinski definition) is 1. The van der Waals surface area contributed by atoms with Crippen LogP contribution in [-0.4, -0.2) is 61.9 Å². The fraction of sp³-hybridized carbons (Fsp3) is 0.432. The quantitative estimate of drug-likeness (QED) is 0.216. The average molecular weight is 658 g/mol. The molecule has 8 nitrogen and oxygen atoms in total. The van der Waals surface area contributed by atoms with Crippen molar-refractivity contribution in [1.82, 2.24) is 4.90 Å². The molecule has 0 aliphatic carbocycles. The van der Waals surface area contributed by atoms with Crippen LogP contribution in [0.4, 0.5) is 15.5 Å². The first-order valence-corrected chi connectivity index (χ1v) is 19.6. The Morgan fingerprint density at radius 1 is 1.00 bits per heavy atom. The second kappa shape index (κ2) is 13.3. The molecule has 3 heterocycles. The van der Waals surface area contributed by atoms with Gasteiger partial charge in [0, 0.05) is 48.8 Å². The van der Waals surface area contributed by atoms with Crippen LogP contribution in [-0.2, 0) is 37.8 Å². The minimum Gasteiger partial charge on any atom is -0.395 e. The summed E-state index contributed by atoms with van der Waals surface area (Å²) in [6, 6.07) is 24.8. The number of halogens is 1. The lowest BCUT2D eigenvalue weighted by Crippen LogP contribution is -2.45. The van der Waals surface area contributed by atoms with Crippen LogP contribution >= 0.6 is 0 Å². The van der Waals surface area contributed by atoms with Crippen LogP contribution in [0.1, 0.15) is 49.3 Å². The molecule has 47 heavy (non-hydrogen) atoms. The number of benzene rings is 3. The molecule has 6 rings (SSSR count). The summed E-state index contributed by atoms with van der Waals surface area (Å²) < 4.78 is 23.1. The highest BCUT2D eigenvalue weighted by atomic mass is 28.4.